The molecule has 0 N–H and O–H groups in total. The molecule has 0 saturated heterocycles. The van der Waals surface area contributed by atoms with Crippen molar-refractivity contribution in [3.05, 3.63) is 28.2 Å². The number of benzene rings is 1. The van der Waals surface area contributed by atoms with Crippen LogP contribution in [0.1, 0.15) is 56.8 Å². The van der Waals surface area contributed by atoms with Crippen molar-refractivity contribution in [3.63, 3.8) is 0 Å². The van der Waals surface area contributed by atoms with E-state index in [-0.39, 0.29) is 5.78 Å². The van der Waals surface area contributed by atoms with Crippen LogP contribution in [0.3, 0.4) is 0 Å². The Bertz CT molecular complexity index is 415. The first-order valence-electron chi connectivity index (χ1n) is 7.01. The quantitative estimate of drug-likeness (QED) is 0.610. The lowest BCUT2D eigenvalue weighted by atomic mass is 10.0. The molecule has 1 atom stereocenters. The Hall–Kier alpha value is -0.830. The fourth-order valence-corrected chi connectivity index (χ4v) is 2.44. The maximum Gasteiger partial charge on any atom is 0.159 e. The highest BCUT2D eigenvalue weighted by Gasteiger charge is 2.10. The molecule has 0 radical (unpaired) electrons. The summed E-state index contributed by atoms with van der Waals surface area (Å²) in [5.74, 6) is 1.50. The Kier molecular flexibility index (Phi) is 7.14. The Morgan fingerprint density at radius 1 is 1.37 bits per heavy atom. The molecule has 0 aromatic heterocycles. The average Bonchev–Trinajstić information content (AvgIpc) is 2.40. The average molecular weight is 327 g/mol. The van der Waals surface area contributed by atoms with E-state index in [0.717, 1.165) is 23.2 Å². The molecular weight excluding hydrogens is 304 g/mol. The minimum atomic E-state index is 0.0710. The first kappa shape index (κ1) is 16.2. The van der Waals surface area contributed by atoms with Gasteiger partial charge < -0.3 is 4.74 Å². The van der Waals surface area contributed by atoms with Crippen LogP contribution in [0.15, 0.2) is 22.7 Å². The molecule has 0 aliphatic rings. The van der Waals surface area contributed by atoms with E-state index in [1.807, 2.05) is 18.2 Å². The van der Waals surface area contributed by atoms with Crippen LogP contribution in [-0.2, 0) is 0 Å². The van der Waals surface area contributed by atoms with Crippen molar-refractivity contribution in [2.24, 2.45) is 5.92 Å². The molecule has 0 saturated carbocycles. The Morgan fingerprint density at radius 2 is 2.11 bits per heavy atom. The van der Waals surface area contributed by atoms with E-state index >= 15 is 0 Å². The number of halogens is 1. The lowest BCUT2D eigenvalue weighted by Crippen LogP contribution is -2.11. The van der Waals surface area contributed by atoms with Crippen molar-refractivity contribution in [2.45, 2.75) is 46.5 Å². The zero-order valence-electron chi connectivity index (χ0n) is 12.0. The number of hydrogen-bond donors (Lipinski definition) is 0. The summed E-state index contributed by atoms with van der Waals surface area (Å²) in [6, 6.07) is 5.51. The third-order valence-corrected chi connectivity index (χ3v) is 3.98. The molecule has 106 valence electrons. The number of unbranched alkanes of at least 4 members (excludes halogenated alkanes) is 1. The number of hydrogen-bond acceptors (Lipinski definition) is 2. The topological polar surface area (TPSA) is 26.3 Å². The molecule has 1 aromatic carbocycles. The standard InChI is InChI=1S/C16H23BrO2/c1-4-6-7-13(5-2)11-19-16-9-8-14(12(3)18)10-15(16)17/h8-10,13H,4-7,11H2,1-3H3. The van der Waals surface area contributed by atoms with Crippen LogP contribution in [-0.4, -0.2) is 12.4 Å². The zero-order valence-corrected chi connectivity index (χ0v) is 13.6. The van der Waals surface area contributed by atoms with Gasteiger partial charge in [0.05, 0.1) is 11.1 Å². The molecule has 19 heavy (non-hydrogen) atoms. The fraction of sp³-hybridized carbons (Fsp3) is 0.562. The normalized spacial score (nSPS) is 12.2. The van der Waals surface area contributed by atoms with Gasteiger partial charge in [0.1, 0.15) is 5.75 Å². The molecule has 2 nitrogen and oxygen atoms in total. The second-order valence-electron chi connectivity index (χ2n) is 4.93. The minimum absolute atomic E-state index is 0.0710. The Labute approximate surface area is 124 Å². The molecule has 0 spiro atoms. The lowest BCUT2D eigenvalue weighted by Gasteiger charge is -2.16. The lowest BCUT2D eigenvalue weighted by molar-refractivity contribution is 0.101. The first-order valence-corrected chi connectivity index (χ1v) is 7.81. The highest BCUT2D eigenvalue weighted by atomic mass is 79.9. The van der Waals surface area contributed by atoms with Crippen LogP contribution in [0.2, 0.25) is 0 Å². The maximum absolute atomic E-state index is 11.3. The van der Waals surface area contributed by atoms with E-state index in [9.17, 15) is 4.79 Å². The van der Waals surface area contributed by atoms with Crippen LogP contribution in [0.25, 0.3) is 0 Å². The summed E-state index contributed by atoms with van der Waals surface area (Å²) in [7, 11) is 0. The predicted octanol–water partition coefficient (Wildman–Crippen LogP) is 5.25. The third-order valence-electron chi connectivity index (χ3n) is 3.36. The van der Waals surface area contributed by atoms with Crippen molar-refractivity contribution in [1.82, 2.24) is 0 Å². The van der Waals surface area contributed by atoms with Gasteiger partial charge in [-0.1, -0.05) is 33.1 Å². The monoisotopic (exact) mass is 326 g/mol. The molecule has 0 heterocycles. The van der Waals surface area contributed by atoms with Crippen LogP contribution < -0.4 is 4.74 Å². The third kappa shape index (κ3) is 5.35. The molecule has 0 aliphatic heterocycles. The van der Waals surface area contributed by atoms with Gasteiger partial charge in [-0.05, 0) is 53.4 Å². The molecule has 1 unspecified atom stereocenters. The van der Waals surface area contributed by atoms with Crippen molar-refractivity contribution in [1.29, 1.82) is 0 Å². The number of carbonyl (C=O) groups excluding carboxylic acids is 1. The van der Waals surface area contributed by atoms with E-state index < -0.39 is 0 Å². The molecule has 0 bridgehead atoms. The van der Waals surface area contributed by atoms with E-state index in [1.165, 1.54) is 19.3 Å². The van der Waals surface area contributed by atoms with E-state index in [4.69, 9.17) is 4.74 Å². The van der Waals surface area contributed by atoms with Gasteiger partial charge in [-0.25, -0.2) is 0 Å². The van der Waals surface area contributed by atoms with Gasteiger partial charge in [0, 0.05) is 5.56 Å². The van der Waals surface area contributed by atoms with Gasteiger partial charge in [-0.2, -0.15) is 0 Å². The summed E-state index contributed by atoms with van der Waals surface area (Å²) < 4.78 is 6.72. The summed E-state index contributed by atoms with van der Waals surface area (Å²) in [6.07, 6.45) is 4.85. The summed E-state index contributed by atoms with van der Waals surface area (Å²) >= 11 is 3.46. The summed E-state index contributed by atoms with van der Waals surface area (Å²) in [6.45, 7) is 6.73. The minimum Gasteiger partial charge on any atom is -0.492 e. The van der Waals surface area contributed by atoms with Crippen molar-refractivity contribution < 1.29 is 9.53 Å². The second kappa shape index (κ2) is 8.36. The van der Waals surface area contributed by atoms with Crippen molar-refractivity contribution >= 4 is 21.7 Å². The summed E-state index contributed by atoms with van der Waals surface area (Å²) in [5.41, 5.74) is 0.706. The van der Waals surface area contributed by atoms with E-state index in [1.54, 1.807) is 6.92 Å². The van der Waals surface area contributed by atoms with Crippen molar-refractivity contribution in [2.75, 3.05) is 6.61 Å². The molecule has 0 fully saturated rings. The predicted molar refractivity (Wildman–Crippen MR) is 82.9 cm³/mol. The van der Waals surface area contributed by atoms with E-state index in [0.29, 0.717) is 11.5 Å². The van der Waals surface area contributed by atoms with Gasteiger partial charge in [0.15, 0.2) is 5.78 Å². The van der Waals surface area contributed by atoms with Gasteiger partial charge in [0.2, 0.25) is 0 Å². The number of ketones is 1. The maximum atomic E-state index is 11.3. The van der Waals surface area contributed by atoms with Crippen molar-refractivity contribution in [3.8, 4) is 5.75 Å². The number of Topliss-reactive ketones (excluding diaryl/α,β-unsaturated/α-hetero) is 1. The van der Waals surface area contributed by atoms with Gasteiger partial charge >= 0.3 is 0 Å². The van der Waals surface area contributed by atoms with Crippen LogP contribution in [0, 0.1) is 5.92 Å². The Balaban J connectivity index is 2.59. The summed E-state index contributed by atoms with van der Waals surface area (Å²) in [5, 5.41) is 0. The molecular formula is C16H23BrO2. The zero-order chi connectivity index (χ0) is 14.3. The highest BCUT2D eigenvalue weighted by Crippen LogP contribution is 2.27. The van der Waals surface area contributed by atoms with Crippen LogP contribution in [0.5, 0.6) is 5.75 Å². The molecule has 1 aromatic rings. The highest BCUT2D eigenvalue weighted by molar-refractivity contribution is 9.10. The second-order valence-corrected chi connectivity index (χ2v) is 5.78. The van der Waals surface area contributed by atoms with Gasteiger partial charge in [-0.15, -0.1) is 0 Å². The van der Waals surface area contributed by atoms with Gasteiger partial charge in [-0.3, -0.25) is 4.79 Å². The van der Waals surface area contributed by atoms with Crippen LogP contribution >= 0.6 is 15.9 Å². The summed E-state index contributed by atoms with van der Waals surface area (Å²) in [4.78, 5) is 11.3. The fourth-order valence-electron chi connectivity index (χ4n) is 1.94. The largest absolute Gasteiger partial charge is 0.492 e. The SMILES string of the molecule is CCCCC(CC)COc1ccc(C(C)=O)cc1Br. The molecule has 0 aliphatic carbocycles. The molecule has 3 heteroatoms. The number of rotatable bonds is 8. The number of carbonyl (C=O) groups is 1. The first-order chi connectivity index (χ1) is 9.08. The van der Waals surface area contributed by atoms with Gasteiger partial charge in [0.25, 0.3) is 0 Å². The number of ether oxygens (including phenoxy) is 1. The van der Waals surface area contributed by atoms with Crippen LogP contribution in [0.4, 0.5) is 0 Å². The molecule has 0 amide bonds. The van der Waals surface area contributed by atoms with E-state index in [2.05, 4.69) is 29.8 Å². The molecule has 1 rings (SSSR count). The Morgan fingerprint density at radius 3 is 2.63 bits per heavy atom. The smallest absolute Gasteiger partial charge is 0.159 e.